The van der Waals surface area contributed by atoms with Crippen LogP contribution in [0.5, 0.6) is 11.5 Å². The molecule has 0 amide bonds. The molecule has 0 fully saturated rings. The third-order valence-corrected chi connectivity index (χ3v) is 3.38. The highest BCUT2D eigenvalue weighted by molar-refractivity contribution is 6.32. The molecule has 0 aliphatic heterocycles. The van der Waals surface area contributed by atoms with Gasteiger partial charge < -0.3 is 14.8 Å². The van der Waals surface area contributed by atoms with Gasteiger partial charge in [-0.1, -0.05) is 41.9 Å². The molecule has 0 atom stereocenters. The maximum Gasteiger partial charge on any atom is 0.179 e. The number of quaternary nitrogens is 1. The maximum atomic E-state index is 6.19. The molecular weight excluding hydrogens is 274 g/mol. The number of hydrogen-bond acceptors (Lipinski definition) is 2. The molecule has 0 unspecified atom stereocenters. The van der Waals surface area contributed by atoms with E-state index in [0.29, 0.717) is 16.5 Å². The second-order valence-corrected chi connectivity index (χ2v) is 4.90. The van der Waals surface area contributed by atoms with E-state index in [-0.39, 0.29) is 0 Å². The molecule has 0 aliphatic carbocycles. The quantitative estimate of drug-likeness (QED) is 0.888. The van der Waals surface area contributed by atoms with E-state index in [1.165, 1.54) is 5.56 Å². The van der Waals surface area contributed by atoms with Crippen LogP contribution in [-0.2, 0) is 13.1 Å². The first-order valence-electron chi connectivity index (χ1n) is 6.50. The predicted molar refractivity (Wildman–Crippen MR) is 80.3 cm³/mol. The van der Waals surface area contributed by atoms with E-state index < -0.39 is 0 Å². The zero-order valence-corrected chi connectivity index (χ0v) is 12.5. The molecule has 0 radical (unpaired) electrons. The smallest absolute Gasteiger partial charge is 0.179 e. The van der Waals surface area contributed by atoms with Gasteiger partial charge in [-0.2, -0.15) is 0 Å². The number of benzene rings is 2. The first-order valence-corrected chi connectivity index (χ1v) is 6.88. The van der Waals surface area contributed by atoms with Crippen molar-refractivity contribution in [1.29, 1.82) is 0 Å². The summed E-state index contributed by atoms with van der Waals surface area (Å²) in [4.78, 5) is 0. The van der Waals surface area contributed by atoms with E-state index in [1.54, 1.807) is 14.2 Å². The summed E-state index contributed by atoms with van der Waals surface area (Å²) in [5, 5.41) is 2.81. The van der Waals surface area contributed by atoms with E-state index in [4.69, 9.17) is 21.1 Å². The Morgan fingerprint density at radius 1 is 0.950 bits per heavy atom. The summed E-state index contributed by atoms with van der Waals surface area (Å²) < 4.78 is 10.5. The van der Waals surface area contributed by atoms with Gasteiger partial charge in [0.05, 0.1) is 19.2 Å². The van der Waals surface area contributed by atoms with Gasteiger partial charge in [0.15, 0.2) is 11.5 Å². The van der Waals surface area contributed by atoms with Crippen molar-refractivity contribution >= 4 is 11.6 Å². The van der Waals surface area contributed by atoms with Gasteiger partial charge in [-0.25, -0.2) is 0 Å². The Morgan fingerprint density at radius 3 is 2.30 bits per heavy atom. The molecule has 0 aliphatic rings. The third kappa shape index (κ3) is 3.65. The summed E-state index contributed by atoms with van der Waals surface area (Å²) in [6.45, 7) is 1.78. The molecule has 0 bridgehead atoms. The monoisotopic (exact) mass is 292 g/mol. The van der Waals surface area contributed by atoms with Crippen LogP contribution in [0.15, 0.2) is 42.5 Å². The molecule has 0 spiro atoms. The molecule has 0 saturated carbocycles. The Morgan fingerprint density at radius 2 is 1.65 bits per heavy atom. The highest BCUT2D eigenvalue weighted by Gasteiger charge is 2.11. The Labute approximate surface area is 124 Å². The molecular formula is C16H19ClNO2+. The molecule has 3 nitrogen and oxygen atoms in total. The normalized spacial score (nSPS) is 10.3. The van der Waals surface area contributed by atoms with E-state index in [9.17, 15) is 0 Å². The lowest BCUT2D eigenvalue weighted by atomic mass is 10.2. The number of rotatable bonds is 6. The van der Waals surface area contributed by atoms with E-state index in [0.717, 1.165) is 18.7 Å². The van der Waals surface area contributed by atoms with Crippen molar-refractivity contribution in [3.63, 3.8) is 0 Å². The van der Waals surface area contributed by atoms with Gasteiger partial charge in [0.2, 0.25) is 0 Å². The number of halogens is 1. The van der Waals surface area contributed by atoms with E-state index in [1.807, 2.05) is 18.2 Å². The van der Waals surface area contributed by atoms with Gasteiger partial charge in [0.1, 0.15) is 13.1 Å². The van der Waals surface area contributed by atoms with Crippen molar-refractivity contribution in [1.82, 2.24) is 0 Å². The molecule has 106 valence electrons. The van der Waals surface area contributed by atoms with Crippen LogP contribution < -0.4 is 14.8 Å². The summed E-state index contributed by atoms with van der Waals surface area (Å²) in [5.74, 6) is 1.25. The molecule has 0 aromatic heterocycles. The average Bonchev–Trinajstić information content (AvgIpc) is 2.47. The van der Waals surface area contributed by atoms with E-state index >= 15 is 0 Å². The highest BCUT2D eigenvalue weighted by atomic mass is 35.5. The van der Waals surface area contributed by atoms with Crippen molar-refractivity contribution in [2.45, 2.75) is 13.1 Å². The van der Waals surface area contributed by atoms with Crippen LogP contribution in [0.3, 0.4) is 0 Å². The topological polar surface area (TPSA) is 35.1 Å². The van der Waals surface area contributed by atoms with Crippen LogP contribution in [-0.4, -0.2) is 14.2 Å². The van der Waals surface area contributed by atoms with Crippen molar-refractivity contribution < 1.29 is 14.8 Å². The number of nitrogens with two attached hydrogens (primary N) is 1. The largest absolute Gasteiger partial charge is 0.493 e. The molecule has 2 rings (SSSR count). The van der Waals surface area contributed by atoms with Crippen LogP contribution in [0.1, 0.15) is 11.1 Å². The van der Waals surface area contributed by atoms with Gasteiger partial charge in [0, 0.05) is 11.1 Å². The molecule has 0 saturated heterocycles. The van der Waals surface area contributed by atoms with Crippen molar-refractivity contribution in [3.8, 4) is 11.5 Å². The summed E-state index contributed by atoms with van der Waals surface area (Å²) in [5.41, 5.74) is 2.42. The van der Waals surface area contributed by atoms with Crippen LogP contribution in [0, 0.1) is 0 Å². The van der Waals surface area contributed by atoms with Crippen LogP contribution in [0.25, 0.3) is 0 Å². The molecule has 0 heterocycles. The zero-order chi connectivity index (χ0) is 14.4. The Hall–Kier alpha value is -1.71. The Kier molecular flexibility index (Phi) is 5.27. The lowest BCUT2D eigenvalue weighted by Crippen LogP contribution is -2.80. The predicted octanol–water partition coefficient (Wildman–Crippen LogP) is 2.62. The minimum Gasteiger partial charge on any atom is -0.493 e. The van der Waals surface area contributed by atoms with Crippen LogP contribution in [0.4, 0.5) is 0 Å². The molecule has 2 aromatic carbocycles. The van der Waals surface area contributed by atoms with Gasteiger partial charge in [-0.05, 0) is 12.1 Å². The fourth-order valence-electron chi connectivity index (χ4n) is 2.11. The molecule has 2 aromatic rings. The highest BCUT2D eigenvalue weighted by Crippen LogP contribution is 2.35. The minimum atomic E-state index is 0.579. The first kappa shape index (κ1) is 14.7. The second kappa shape index (κ2) is 7.17. The minimum absolute atomic E-state index is 0.579. The SMILES string of the molecule is COc1cc(C[NH2+]Cc2ccccc2)cc(Cl)c1OC. The molecule has 4 heteroatoms. The zero-order valence-electron chi connectivity index (χ0n) is 11.7. The number of ether oxygens (including phenoxy) is 2. The molecule has 20 heavy (non-hydrogen) atoms. The summed E-state index contributed by atoms with van der Waals surface area (Å²) in [6.07, 6.45) is 0. The standard InChI is InChI=1S/C16H18ClNO2/c1-19-15-9-13(8-14(17)16(15)20-2)11-18-10-12-6-4-3-5-7-12/h3-9,18H,10-11H2,1-2H3/p+1. The summed E-state index contributed by atoms with van der Waals surface area (Å²) in [6, 6.07) is 14.3. The van der Waals surface area contributed by atoms with Gasteiger partial charge in [-0.3, -0.25) is 0 Å². The average molecular weight is 293 g/mol. The van der Waals surface area contributed by atoms with Gasteiger partial charge in [0.25, 0.3) is 0 Å². The van der Waals surface area contributed by atoms with Crippen molar-refractivity contribution in [2.24, 2.45) is 0 Å². The molecule has 2 N–H and O–H groups in total. The van der Waals surface area contributed by atoms with Gasteiger partial charge in [-0.15, -0.1) is 0 Å². The lowest BCUT2D eigenvalue weighted by Gasteiger charge is -2.11. The summed E-state index contributed by atoms with van der Waals surface area (Å²) >= 11 is 6.19. The van der Waals surface area contributed by atoms with Crippen molar-refractivity contribution in [2.75, 3.05) is 14.2 Å². The van der Waals surface area contributed by atoms with Crippen LogP contribution >= 0.6 is 11.6 Å². The van der Waals surface area contributed by atoms with E-state index in [2.05, 4.69) is 29.6 Å². The fourth-order valence-corrected chi connectivity index (χ4v) is 2.42. The first-order chi connectivity index (χ1) is 9.74. The maximum absolute atomic E-state index is 6.19. The van der Waals surface area contributed by atoms with Gasteiger partial charge >= 0.3 is 0 Å². The van der Waals surface area contributed by atoms with Crippen molar-refractivity contribution in [3.05, 3.63) is 58.6 Å². The number of methoxy groups -OCH3 is 2. The summed E-state index contributed by atoms with van der Waals surface area (Å²) in [7, 11) is 3.20. The third-order valence-electron chi connectivity index (χ3n) is 3.10. The number of hydrogen-bond donors (Lipinski definition) is 1. The lowest BCUT2D eigenvalue weighted by molar-refractivity contribution is -0.686. The fraction of sp³-hybridized carbons (Fsp3) is 0.250. The Balaban J connectivity index is 2.01. The Bertz CT molecular complexity index is 558. The second-order valence-electron chi connectivity index (χ2n) is 4.50. The van der Waals surface area contributed by atoms with Crippen LogP contribution in [0.2, 0.25) is 5.02 Å².